The lowest BCUT2D eigenvalue weighted by atomic mass is 10.1. The number of rotatable bonds is 7. The maximum Gasteiger partial charge on any atom is 0.363 e. The van der Waals surface area contributed by atoms with Crippen LogP contribution >= 0.6 is 11.6 Å². The van der Waals surface area contributed by atoms with Crippen molar-refractivity contribution in [3.8, 4) is 23.0 Å². The molecule has 0 radical (unpaired) electrons. The monoisotopic (exact) mass is 431 g/mol. The standard InChI is InChI=1S/C22H22ClNO6/c1-12(2)29-20-17(23)6-13(8-19(20)28-5)7-18-22(25)30-21(24-18)14-9-15(26-3)11-16(10-14)27-4/h6-12H,1-5H3/b18-7-. The summed E-state index contributed by atoms with van der Waals surface area (Å²) < 4.78 is 26.9. The Hall–Kier alpha value is -3.19. The minimum Gasteiger partial charge on any atom is -0.497 e. The second kappa shape index (κ2) is 9.09. The van der Waals surface area contributed by atoms with Crippen molar-refractivity contribution in [1.82, 2.24) is 0 Å². The van der Waals surface area contributed by atoms with Crippen LogP contribution in [0.1, 0.15) is 25.0 Å². The molecular weight excluding hydrogens is 410 g/mol. The average Bonchev–Trinajstić information content (AvgIpc) is 3.09. The molecule has 8 heteroatoms. The number of halogens is 1. The van der Waals surface area contributed by atoms with Gasteiger partial charge in [0.15, 0.2) is 17.2 Å². The van der Waals surface area contributed by atoms with Crippen LogP contribution < -0.4 is 18.9 Å². The van der Waals surface area contributed by atoms with E-state index in [0.717, 1.165) is 0 Å². The first-order valence-electron chi connectivity index (χ1n) is 9.14. The van der Waals surface area contributed by atoms with Gasteiger partial charge in [0, 0.05) is 11.6 Å². The highest BCUT2D eigenvalue weighted by atomic mass is 35.5. The number of esters is 1. The fourth-order valence-electron chi connectivity index (χ4n) is 2.79. The summed E-state index contributed by atoms with van der Waals surface area (Å²) in [5, 5.41) is 0.364. The summed E-state index contributed by atoms with van der Waals surface area (Å²) in [6.07, 6.45) is 1.50. The van der Waals surface area contributed by atoms with Crippen molar-refractivity contribution in [1.29, 1.82) is 0 Å². The fraction of sp³-hybridized carbons (Fsp3) is 0.273. The highest BCUT2D eigenvalue weighted by Gasteiger charge is 2.25. The summed E-state index contributed by atoms with van der Waals surface area (Å²) >= 11 is 6.36. The molecule has 2 aromatic carbocycles. The Bertz CT molecular complexity index is 1010. The molecular formula is C22H22ClNO6. The van der Waals surface area contributed by atoms with Gasteiger partial charge in [-0.05, 0) is 49.8 Å². The number of cyclic esters (lactones) is 1. The molecule has 7 nitrogen and oxygen atoms in total. The molecule has 0 spiro atoms. The van der Waals surface area contributed by atoms with Crippen LogP contribution in [0.15, 0.2) is 41.0 Å². The van der Waals surface area contributed by atoms with Gasteiger partial charge in [0.05, 0.1) is 32.5 Å². The second-order valence-electron chi connectivity index (χ2n) is 6.64. The molecule has 1 aliphatic heterocycles. The van der Waals surface area contributed by atoms with Crippen molar-refractivity contribution < 1.29 is 28.5 Å². The van der Waals surface area contributed by atoms with Gasteiger partial charge in [-0.2, -0.15) is 0 Å². The van der Waals surface area contributed by atoms with E-state index in [4.69, 9.17) is 35.3 Å². The van der Waals surface area contributed by atoms with Crippen LogP contribution in [-0.2, 0) is 9.53 Å². The molecule has 0 bridgehead atoms. The SMILES string of the molecule is COc1cc(OC)cc(C2=N/C(=C\c3cc(Cl)c(OC(C)C)c(OC)c3)C(=O)O2)c1. The van der Waals surface area contributed by atoms with Gasteiger partial charge in [-0.15, -0.1) is 0 Å². The van der Waals surface area contributed by atoms with E-state index in [0.29, 0.717) is 39.1 Å². The van der Waals surface area contributed by atoms with E-state index in [1.54, 1.807) is 36.4 Å². The van der Waals surface area contributed by atoms with Crippen molar-refractivity contribution in [3.63, 3.8) is 0 Å². The van der Waals surface area contributed by atoms with E-state index >= 15 is 0 Å². The Kier molecular flexibility index (Phi) is 6.52. The van der Waals surface area contributed by atoms with Crippen molar-refractivity contribution in [2.45, 2.75) is 20.0 Å². The van der Waals surface area contributed by atoms with E-state index in [-0.39, 0.29) is 17.7 Å². The normalized spacial score (nSPS) is 14.6. The molecule has 0 amide bonds. The number of hydrogen-bond donors (Lipinski definition) is 0. The van der Waals surface area contributed by atoms with E-state index < -0.39 is 5.97 Å². The molecule has 3 rings (SSSR count). The maximum absolute atomic E-state index is 12.4. The summed E-state index contributed by atoms with van der Waals surface area (Å²) in [4.78, 5) is 16.7. The molecule has 0 unspecified atom stereocenters. The third-order valence-electron chi connectivity index (χ3n) is 4.13. The summed E-state index contributed by atoms with van der Waals surface area (Å²) in [5.41, 5.74) is 1.30. The van der Waals surface area contributed by atoms with Gasteiger partial charge in [-0.3, -0.25) is 0 Å². The van der Waals surface area contributed by atoms with Crippen LogP contribution in [0, 0.1) is 0 Å². The second-order valence-corrected chi connectivity index (χ2v) is 7.05. The Morgan fingerprint density at radius 2 is 1.67 bits per heavy atom. The van der Waals surface area contributed by atoms with Crippen LogP contribution in [0.5, 0.6) is 23.0 Å². The number of benzene rings is 2. The smallest absolute Gasteiger partial charge is 0.363 e. The molecule has 0 N–H and O–H groups in total. The van der Waals surface area contributed by atoms with E-state index in [1.807, 2.05) is 13.8 Å². The summed E-state index contributed by atoms with van der Waals surface area (Å²) in [7, 11) is 4.60. The molecule has 0 fully saturated rings. The summed E-state index contributed by atoms with van der Waals surface area (Å²) in [6.45, 7) is 3.79. The van der Waals surface area contributed by atoms with Crippen molar-refractivity contribution >= 4 is 29.5 Å². The Labute approximate surface area is 179 Å². The molecule has 2 aromatic rings. The largest absolute Gasteiger partial charge is 0.497 e. The number of carbonyl (C=O) groups excluding carboxylic acids is 1. The lowest BCUT2D eigenvalue weighted by molar-refractivity contribution is -0.129. The summed E-state index contributed by atoms with van der Waals surface area (Å²) in [5.74, 6) is 1.58. The zero-order valence-electron chi connectivity index (χ0n) is 17.3. The van der Waals surface area contributed by atoms with Crippen molar-refractivity contribution in [3.05, 3.63) is 52.2 Å². The number of nitrogens with zero attached hydrogens (tertiary/aromatic N) is 1. The molecule has 0 saturated heterocycles. The van der Waals surface area contributed by atoms with Crippen LogP contribution in [0.4, 0.5) is 0 Å². The number of ether oxygens (including phenoxy) is 5. The first kappa shape index (κ1) is 21.5. The van der Waals surface area contributed by atoms with Gasteiger partial charge in [-0.1, -0.05) is 11.6 Å². The van der Waals surface area contributed by atoms with Gasteiger partial charge in [0.2, 0.25) is 5.90 Å². The first-order chi connectivity index (χ1) is 14.3. The minimum atomic E-state index is -0.579. The Morgan fingerprint density at radius 3 is 2.23 bits per heavy atom. The molecule has 1 aliphatic rings. The van der Waals surface area contributed by atoms with Gasteiger partial charge >= 0.3 is 5.97 Å². The fourth-order valence-corrected chi connectivity index (χ4v) is 3.06. The van der Waals surface area contributed by atoms with Crippen LogP contribution in [0.2, 0.25) is 5.02 Å². The zero-order valence-corrected chi connectivity index (χ0v) is 18.1. The molecule has 30 heavy (non-hydrogen) atoms. The van der Waals surface area contributed by atoms with Crippen LogP contribution in [-0.4, -0.2) is 39.3 Å². The third-order valence-corrected chi connectivity index (χ3v) is 4.41. The van der Waals surface area contributed by atoms with Crippen LogP contribution in [0.3, 0.4) is 0 Å². The lowest BCUT2D eigenvalue weighted by Gasteiger charge is -2.15. The Balaban J connectivity index is 1.98. The predicted molar refractivity (Wildman–Crippen MR) is 114 cm³/mol. The van der Waals surface area contributed by atoms with Gasteiger partial charge in [-0.25, -0.2) is 9.79 Å². The number of carbonyl (C=O) groups is 1. The van der Waals surface area contributed by atoms with Gasteiger partial charge < -0.3 is 23.7 Å². The number of methoxy groups -OCH3 is 3. The molecule has 0 aliphatic carbocycles. The van der Waals surface area contributed by atoms with E-state index in [9.17, 15) is 4.79 Å². The van der Waals surface area contributed by atoms with Crippen molar-refractivity contribution in [2.24, 2.45) is 4.99 Å². The maximum atomic E-state index is 12.4. The van der Waals surface area contributed by atoms with E-state index in [1.165, 1.54) is 21.3 Å². The molecule has 0 saturated carbocycles. The lowest BCUT2D eigenvalue weighted by Crippen LogP contribution is -2.07. The third kappa shape index (κ3) is 4.68. The molecule has 0 atom stereocenters. The molecule has 1 heterocycles. The minimum absolute atomic E-state index is 0.0718. The number of aliphatic imine (C=N–C) groups is 1. The topological polar surface area (TPSA) is 75.6 Å². The first-order valence-corrected chi connectivity index (χ1v) is 9.52. The highest BCUT2D eigenvalue weighted by Crippen LogP contribution is 2.38. The predicted octanol–water partition coefficient (Wildman–Crippen LogP) is 4.50. The van der Waals surface area contributed by atoms with Gasteiger partial charge in [0.1, 0.15) is 11.5 Å². The molecule has 0 aromatic heterocycles. The quantitative estimate of drug-likeness (QED) is 0.474. The van der Waals surface area contributed by atoms with Gasteiger partial charge in [0.25, 0.3) is 0 Å². The van der Waals surface area contributed by atoms with Crippen LogP contribution in [0.25, 0.3) is 6.08 Å². The zero-order chi connectivity index (χ0) is 21.8. The number of hydrogen-bond acceptors (Lipinski definition) is 7. The highest BCUT2D eigenvalue weighted by molar-refractivity contribution is 6.32. The average molecular weight is 432 g/mol. The van der Waals surface area contributed by atoms with Crippen molar-refractivity contribution in [2.75, 3.05) is 21.3 Å². The Morgan fingerprint density at radius 1 is 1.00 bits per heavy atom. The van der Waals surface area contributed by atoms with E-state index in [2.05, 4.69) is 4.99 Å². The summed E-state index contributed by atoms with van der Waals surface area (Å²) in [6, 6.07) is 8.51. The molecule has 158 valence electrons.